The number of benzene rings is 1. The molecule has 1 saturated heterocycles. The van der Waals surface area contributed by atoms with Gasteiger partial charge in [0.15, 0.2) is 5.96 Å². The van der Waals surface area contributed by atoms with Crippen LogP contribution in [0, 0.1) is 0 Å². The fourth-order valence-corrected chi connectivity index (χ4v) is 2.96. The zero-order chi connectivity index (χ0) is 18.9. The summed E-state index contributed by atoms with van der Waals surface area (Å²) in [7, 11) is 0. The SMILES string of the molecule is Cl.Cl.NC(N)=NCCC[C@H](N)C(=O)N1CCC[C@H]1C(=O)OCc1ccccc1. The van der Waals surface area contributed by atoms with E-state index in [-0.39, 0.29) is 49.3 Å². The van der Waals surface area contributed by atoms with Crippen LogP contribution >= 0.6 is 24.8 Å². The molecule has 8 nitrogen and oxygen atoms in total. The third-order valence-corrected chi connectivity index (χ3v) is 4.32. The summed E-state index contributed by atoms with van der Waals surface area (Å²) < 4.78 is 5.38. The molecule has 1 aromatic carbocycles. The van der Waals surface area contributed by atoms with Crippen LogP contribution in [0.15, 0.2) is 35.3 Å². The summed E-state index contributed by atoms with van der Waals surface area (Å²) in [6, 6.07) is 8.21. The summed E-state index contributed by atoms with van der Waals surface area (Å²) in [5, 5.41) is 0. The number of nitrogens with two attached hydrogens (primary N) is 3. The molecule has 2 rings (SSSR count). The molecule has 0 aliphatic carbocycles. The molecule has 1 fully saturated rings. The standard InChI is InChI=1S/C18H27N5O3.2ClH/c19-14(8-4-10-22-18(20)21)16(24)23-11-5-9-15(23)17(25)26-12-13-6-2-1-3-7-13;;/h1-3,6-7,14-15H,4-5,8-12,19H2,(H4,20,21,22);2*1H/t14-,15-;;/m0../s1. The fraction of sp³-hybridized carbons (Fsp3) is 0.500. The van der Waals surface area contributed by atoms with Gasteiger partial charge in [-0.2, -0.15) is 0 Å². The van der Waals surface area contributed by atoms with E-state index in [2.05, 4.69) is 4.99 Å². The zero-order valence-electron chi connectivity index (χ0n) is 15.7. The van der Waals surface area contributed by atoms with Crippen LogP contribution in [0.1, 0.15) is 31.2 Å². The van der Waals surface area contributed by atoms with Crippen LogP contribution in [0.25, 0.3) is 0 Å². The highest BCUT2D eigenvalue weighted by atomic mass is 35.5. The van der Waals surface area contributed by atoms with Crippen molar-refractivity contribution in [2.45, 2.75) is 44.4 Å². The van der Waals surface area contributed by atoms with Gasteiger partial charge in [0, 0.05) is 13.1 Å². The Morgan fingerprint density at radius 3 is 2.54 bits per heavy atom. The number of likely N-dealkylation sites (tertiary alicyclic amines) is 1. The molecule has 0 unspecified atom stereocenters. The van der Waals surface area contributed by atoms with Crippen LogP contribution in [0.2, 0.25) is 0 Å². The number of hydrogen-bond acceptors (Lipinski definition) is 5. The van der Waals surface area contributed by atoms with E-state index in [1.807, 2.05) is 30.3 Å². The Balaban J connectivity index is 0.00000364. The van der Waals surface area contributed by atoms with Gasteiger partial charge in [0.25, 0.3) is 0 Å². The van der Waals surface area contributed by atoms with Crippen LogP contribution in [0.3, 0.4) is 0 Å². The quantitative estimate of drug-likeness (QED) is 0.241. The maximum absolute atomic E-state index is 12.6. The number of guanidine groups is 1. The minimum atomic E-state index is -0.674. The van der Waals surface area contributed by atoms with Crippen LogP contribution in [-0.4, -0.2) is 47.9 Å². The van der Waals surface area contributed by atoms with E-state index in [0.29, 0.717) is 32.4 Å². The zero-order valence-corrected chi connectivity index (χ0v) is 17.3. The number of amides is 1. The van der Waals surface area contributed by atoms with Gasteiger partial charge in [-0.05, 0) is 31.2 Å². The van der Waals surface area contributed by atoms with Crippen molar-refractivity contribution in [1.82, 2.24) is 4.90 Å². The highest BCUT2D eigenvalue weighted by molar-refractivity contribution is 5.88. The largest absolute Gasteiger partial charge is 0.459 e. The third kappa shape index (κ3) is 7.92. The lowest BCUT2D eigenvalue weighted by Crippen LogP contribution is -2.48. The van der Waals surface area contributed by atoms with Crippen molar-refractivity contribution < 1.29 is 14.3 Å². The van der Waals surface area contributed by atoms with E-state index in [1.54, 1.807) is 4.90 Å². The van der Waals surface area contributed by atoms with E-state index in [0.717, 1.165) is 12.0 Å². The molecule has 0 spiro atoms. The maximum Gasteiger partial charge on any atom is 0.329 e. The van der Waals surface area contributed by atoms with Gasteiger partial charge in [-0.15, -0.1) is 24.8 Å². The first kappa shape index (κ1) is 26.0. The van der Waals surface area contributed by atoms with Crippen molar-refractivity contribution in [3.05, 3.63) is 35.9 Å². The highest BCUT2D eigenvalue weighted by Gasteiger charge is 2.36. The number of halogens is 2. The van der Waals surface area contributed by atoms with Gasteiger partial charge < -0.3 is 26.8 Å². The average molecular weight is 434 g/mol. The molecule has 10 heteroatoms. The molecule has 0 radical (unpaired) electrons. The molecule has 0 aromatic heterocycles. The monoisotopic (exact) mass is 433 g/mol. The lowest BCUT2D eigenvalue weighted by atomic mass is 10.1. The van der Waals surface area contributed by atoms with Gasteiger partial charge in [-0.3, -0.25) is 9.79 Å². The van der Waals surface area contributed by atoms with E-state index < -0.39 is 12.1 Å². The Bertz CT molecular complexity index is 641. The number of esters is 1. The summed E-state index contributed by atoms with van der Waals surface area (Å²) in [5.74, 6) is -0.591. The molecular formula is C18H29Cl2N5O3. The molecule has 6 N–H and O–H groups in total. The number of carbonyl (C=O) groups excluding carboxylic acids is 2. The lowest BCUT2D eigenvalue weighted by molar-refractivity contribution is -0.154. The van der Waals surface area contributed by atoms with E-state index in [9.17, 15) is 9.59 Å². The molecule has 1 heterocycles. The molecule has 1 aromatic rings. The van der Waals surface area contributed by atoms with Crippen molar-refractivity contribution in [2.24, 2.45) is 22.2 Å². The van der Waals surface area contributed by atoms with Gasteiger partial charge >= 0.3 is 5.97 Å². The Morgan fingerprint density at radius 1 is 1.21 bits per heavy atom. The normalized spacial score (nSPS) is 16.3. The molecule has 1 aliphatic rings. The number of rotatable bonds is 8. The van der Waals surface area contributed by atoms with Gasteiger partial charge in [-0.25, -0.2) is 4.79 Å². The number of carbonyl (C=O) groups is 2. The van der Waals surface area contributed by atoms with Crippen LogP contribution in [0.5, 0.6) is 0 Å². The summed E-state index contributed by atoms with van der Waals surface area (Å²) in [6.07, 6.45) is 2.41. The Hall–Kier alpha value is -2.03. The lowest BCUT2D eigenvalue weighted by Gasteiger charge is -2.26. The van der Waals surface area contributed by atoms with Gasteiger partial charge in [0.05, 0.1) is 6.04 Å². The number of ether oxygens (including phenoxy) is 1. The van der Waals surface area contributed by atoms with Crippen molar-refractivity contribution in [1.29, 1.82) is 0 Å². The first-order valence-electron chi connectivity index (χ1n) is 8.81. The summed E-state index contributed by atoms with van der Waals surface area (Å²) in [4.78, 5) is 30.4. The fourth-order valence-electron chi connectivity index (χ4n) is 2.96. The molecule has 1 amide bonds. The number of nitrogens with zero attached hydrogens (tertiary/aromatic N) is 2. The minimum absolute atomic E-state index is 0. The van der Waals surface area contributed by atoms with Crippen molar-refractivity contribution in [3.8, 4) is 0 Å². The van der Waals surface area contributed by atoms with Crippen LogP contribution in [0.4, 0.5) is 0 Å². The summed E-state index contributed by atoms with van der Waals surface area (Å²) in [6.45, 7) is 1.14. The average Bonchev–Trinajstić information content (AvgIpc) is 3.13. The first-order valence-corrected chi connectivity index (χ1v) is 8.81. The summed E-state index contributed by atoms with van der Waals surface area (Å²) >= 11 is 0. The Labute approximate surface area is 177 Å². The van der Waals surface area contributed by atoms with E-state index >= 15 is 0 Å². The van der Waals surface area contributed by atoms with E-state index in [1.165, 1.54) is 0 Å². The predicted molar refractivity (Wildman–Crippen MR) is 113 cm³/mol. The minimum Gasteiger partial charge on any atom is -0.459 e. The van der Waals surface area contributed by atoms with Crippen LogP contribution < -0.4 is 17.2 Å². The van der Waals surface area contributed by atoms with Crippen molar-refractivity contribution in [2.75, 3.05) is 13.1 Å². The predicted octanol–water partition coefficient (Wildman–Crippen LogP) is 0.945. The molecular weight excluding hydrogens is 405 g/mol. The van der Waals surface area contributed by atoms with Gasteiger partial charge in [-0.1, -0.05) is 30.3 Å². The first-order chi connectivity index (χ1) is 12.5. The molecule has 0 saturated carbocycles. The van der Waals surface area contributed by atoms with Crippen LogP contribution in [-0.2, 0) is 20.9 Å². The summed E-state index contributed by atoms with van der Waals surface area (Å²) in [5.41, 5.74) is 17.4. The van der Waals surface area contributed by atoms with Crippen molar-refractivity contribution >= 4 is 42.7 Å². The second kappa shape index (κ2) is 13.2. The molecule has 2 atom stereocenters. The highest BCUT2D eigenvalue weighted by Crippen LogP contribution is 2.20. The Morgan fingerprint density at radius 2 is 1.89 bits per heavy atom. The topological polar surface area (TPSA) is 137 Å². The molecule has 28 heavy (non-hydrogen) atoms. The molecule has 0 bridgehead atoms. The number of hydrogen-bond donors (Lipinski definition) is 3. The van der Waals surface area contributed by atoms with Gasteiger partial charge in [0.1, 0.15) is 12.6 Å². The third-order valence-electron chi connectivity index (χ3n) is 4.32. The number of aliphatic imine (C=N–C) groups is 1. The van der Waals surface area contributed by atoms with E-state index in [4.69, 9.17) is 21.9 Å². The second-order valence-electron chi connectivity index (χ2n) is 6.34. The molecule has 1 aliphatic heterocycles. The second-order valence-corrected chi connectivity index (χ2v) is 6.34. The maximum atomic E-state index is 12.6. The molecule has 158 valence electrons. The van der Waals surface area contributed by atoms with Gasteiger partial charge in [0.2, 0.25) is 5.91 Å². The Kier molecular flexibility index (Phi) is 12.2. The van der Waals surface area contributed by atoms with Crippen molar-refractivity contribution in [3.63, 3.8) is 0 Å². The smallest absolute Gasteiger partial charge is 0.329 e.